The summed E-state index contributed by atoms with van der Waals surface area (Å²) in [5.74, 6) is -0.561. The molecule has 0 radical (unpaired) electrons. The molecule has 2 fully saturated rings. The van der Waals surface area contributed by atoms with E-state index < -0.39 is 0 Å². The third-order valence-electron chi connectivity index (χ3n) is 6.09. The molecule has 2 heterocycles. The van der Waals surface area contributed by atoms with Crippen LogP contribution < -0.4 is 5.32 Å². The van der Waals surface area contributed by atoms with Gasteiger partial charge in [0, 0.05) is 44.1 Å². The van der Waals surface area contributed by atoms with Crippen LogP contribution in [0.4, 0.5) is 4.39 Å². The van der Waals surface area contributed by atoms with Gasteiger partial charge in [-0.3, -0.25) is 14.4 Å². The first-order chi connectivity index (χ1) is 14.1. The Morgan fingerprint density at radius 3 is 2.30 bits per heavy atom. The number of carbonyl (C=O) groups excluding carboxylic acids is 3. The van der Waals surface area contributed by atoms with E-state index in [1.54, 1.807) is 17.0 Å². The van der Waals surface area contributed by atoms with E-state index in [2.05, 4.69) is 5.32 Å². The van der Waals surface area contributed by atoms with Crippen LogP contribution in [0.15, 0.2) is 24.3 Å². The zero-order valence-electron chi connectivity index (χ0n) is 18.1. The number of halogens is 1. The Morgan fingerprint density at radius 1 is 1.10 bits per heavy atom. The summed E-state index contributed by atoms with van der Waals surface area (Å²) < 4.78 is 12.9. The summed E-state index contributed by atoms with van der Waals surface area (Å²) in [5, 5.41) is 2.96. The van der Waals surface area contributed by atoms with Gasteiger partial charge in [-0.25, -0.2) is 4.39 Å². The second-order valence-electron chi connectivity index (χ2n) is 9.34. The Balaban J connectivity index is 1.42. The monoisotopic (exact) mass is 417 g/mol. The van der Waals surface area contributed by atoms with Gasteiger partial charge in [-0.1, -0.05) is 12.1 Å². The summed E-state index contributed by atoms with van der Waals surface area (Å²) in [6.07, 6.45) is 2.21. The Hall–Kier alpha value is -2.44. The number of nitrogens with zero attached hydrogens (tertiary/aromatic N) is 2. The summed E-state index contributed by atoms with van der Waals surface area (Å²) in [7, 11) is 0. The topological polar surface area (TPSA) is 69.7 Å². The highest BCUT2D eigenvalue weighted by Crippen LogP contribution is 2.28. The zero-order valence-corrected chi connectivity index (χ0v) is 18.1. The van der Waals surface area contributed by atoms with Crippen molar-refractivity contribution >= 4 is 17.7 Å². The molecule has 2 saturated heterocycles. The predicted octanol–water partition coefficient (Wildman–Crippen LogP) is 2.37. The lowest BCUT2D eigenvalue weighted by molar-refractivity contribution is -0.139. The maximum atomic E-state index is 12.9. The number of nitrogens with one attached hydrogen (secondary N) is 1. The van der Waals surface area contributed by atoms with E-state index in [4.69, 9.17) is 0 Å². The summed E-state index contributed by atoms with van der Waals surface area (Å²) in [6, 6.07) is 6.28. The summed E-state index contributed by atoms with van der Waals surface area (Å²) in [6.45, 7) is 8.04. The molecule has 3 amide bonds. The lowest BCUT2D eigenvalue weighted by Gasteiger charge is -2.34. The van der Waals surface area contributed by atoms with Gasteiger partial charge in [-0.05, 0) is 57.7 Å². The minimum Gasteiger partial charge on any atom is -0.356 e. The molecule has 7 heteroatoms. The van der Waals surface area contributed by atoms with Crippen molar-refractivity contribution in [3.8, 4) is 0 Å². The van der Waals surface area contributed by atoms with Crippen molar-refractivity contribution < 1.29 is 18.8 Å². The highest BCUT2D eigenvalue weighted by atomic mass is 19.1. The van der Waals surface area contributed by atoms with Crippen LogP contribution in [0.25, 0.3) is 0 Å². The molecule has 2 aliphatic heterocycles. The maximum Gasteiger partial charge on any atom is 0.227 e. The fourth-order valence-corrected chi connectivity index (χ4v) is 4.27. The molecule has 0 bridgehead atoms. The van der Waals surface area contributed by atoms with Gasteiger partial charge >= 0.3 is 0 Å². The number of hydrogen-bond donors (Lipinski definition) is 1. The average molecular weight is 418 g/mol. The van der Waals surface area contributed by atoms with Gasteiger partial charge in [-0.2, -0.15) is 0 Å². The average Bonchev–Trinajstić information content (AvgIpc) is 3.11. The lowest BCUT2D eigenvalue weighted by atomic mass is 9.94. The smallest absolute Gasteiger partial charge is 0.227 e. The third-order valence-corrected chi connectivity index (χ3v) is 6.09. The highest BCUT2D eigenvalue weighted by molar-refractivity contribution is 5.90. The van der Waals surface area contributed by atoms with Crippen molar-refractivity contribution in [2.45, 2.75) is 52.0 Å². The molecule has 1 aromatic rings. The Bertz CT molecular complexity index is 780. The maximum absolute atomic E-state index is 12.9. The molecule has 2 aliphatic rings. The molecule has 6 nitrogen and oxygen atoms in total. The Kier molecular flexibility index (Phi) is 6.78. The number of hydrogen-bond acceptors (Lipinski definition) is 3. The summed E-state index contributed by atoms with van der Waals surface area (Å²) in [5.41, 5.74) is 0.706. The van der Waals surface area contributed by atoms with Crippen LogP contribution in [-0.2, 0) is 20.8 Å². The van der Waals surface area contributed by atoms with Crippen molar-refractivity contribution in [1.29, 1.82) is 0 Å². The van der Waals surface area contributed by atoms with E-state index in [0.29, 0.717) is 45.4 Å². The first-order valence-electron chi connectivity index (χ1n) is 10.8. The summed E-state index contributed by atoms with van der Waals surface area (Å²) >= 11 is 0. The van der Waals surface area contributed by atoms with Crippen molar-refractivity contribution in [3.63, 3.8) is 0 Å². The van der Waals surface area contributed by atoms with Crippen LogP contribution in [0, 0.1) is 17.7 Å². The normalized spacial score (nSPS) is 20.5. The van der Waals surface area contributed by atoms with Crippen molar-refractivity contribution in [1.82, 2.24) is 15.1 Å². The SMILES string of the molecule is CC(C)(C)N1CC(C(=O)N2CCC(C(=O)NCCc3ccc(F)cc3)CC2)CC1=O. The molecule has 1 unspecified atom stereocenters. The van der Waals surface area contributed by atoms with Gasteiger partial charge in [-0.15, -0.1) is 0 Å². The summed E-state index contributed by atoms with van der Waals surface area (Å²) in [4.78, 5) is 41.2. The van der Waals surface area contributed by atoms with Gasteiger partial charge in [0.2, 0.25) is 17.7 Å². The third kappa shape index (κ3) is 5.37. The van der Waals surface area contributed by atoms with Crippen molar-refractivity contribution in [2.24, 2.45) is 11.8 Å². The molecule has 0 spiro atoms. The molecule has 3 rings (SSSR count). The first-order valence-corrected chi connectivity index (χ1v) is 10.8. The van der Waals surface area contributed by atoms with E-state index in [1.165, 1.54) is 12.1 Å². The Labute approximate surface area is 177 Å². The van der Waals surface area contributed by atoms with E-state index in [-0.39, 0.29) is 47.3 Å². The van der Waals surface area contributed by atoms with E-state index >= 15 is 0 Å². The minimum atomic E-state index is -0.280. The molecule has 164 valence electrons. The van der Waals surface area contributed by atoms with Gasteiger partial charge < -0.3 is 15.1 Å². The van der Waals surface area contributed by atoms with Gasteiger partial charge in [0.05, 0.1) is 5.92 Å². The fourth-order valence-electron chi connectivity index (χ4n) is 4.27. The van der Waals surface area contributed by atoms with Gasteiger partial charge in [0.1, 0.15) is 5.82 Å². The second-order valence-corrected chi connectivity index (χ2v) is 9.34. The second kappa shape index (κ2) is 9.14. The van der Waals surface area contributed by atoms with E-state index in [1.807, 2.05) is 25.7 Å². The Morgan fingerprint density at radius 2 is 1.73 bits per heavy atom. The van der Waals surface area contributed by atoms with Crippen molar-refractivity contribution in [3.05, 3.63) is 35.6 Å². The largest absolute Gasteiger partial charge is 0.356 e. The number of carbonyl (C=O) groups is 3. The first kappa shape index (κ1) is 22.2. The van der Waals surface area contributed by atoms with Gasteiger partial charge in [0.15, 0.2) is 0 Å². The molecule has 1 N–H and O–H groups in total. The highest BCUT2D eigenvalue weighted by Gasteiger charge is 2.41. The minimum absolute atomic E-state index is 0.0131. The van der Waals surface area contributed by atoms with Crippen LogP contribution >= 0.6 is 0 Å². The van der Waals surface area contributed by atoms with Gasteiger partial charge in [0.25, 0.3) is 0 Å². The van der Waals surface area contributed by atoms with Crippen LogP contribution in [-0.4, -0.2) is 59.2 Å². The number of piperidine rings is 1. The number of likely N-dealkylation sites (tertiary alicyclic amines) is 2. The number of amides is 3. The van der Waals surface area contributed by atoms with Crippen LogP contribution in [0.1, 0.15) is 45.6 Å². The molecule has 30 heavy (non-hydrogen) atoms. The molecule has 0 aromatic heterocycles. The van der Waals surface area contributed by atoms with Crippen LogP contribution in [0.2, 0.25) is 0 Å². The standard InChI is InChI=1S/C23H32FN3O3/c1-23(2,3)27-15-18(14-20(27)28)22(30)26-12-9-17(10-13-26)21(29)25-11-8-16-4-6-19(24)7-5-16/h4-7,17-18H,8-15H2,1-3H3,(H,25,29). The van der Waals surface area contributed by atoms with Crippen molar-refractivity contribution in [2.75, 3.05) is 26.2 Å². The van der Waals surface area contributed by atoms with Crippen LogP contribution in [0.3, 0.4) is 0 Å². The quantitative estimate of drug-likeness (QED) is 0.800. The molecule has 1 aromatic carbocycles. The molecular weight excluding hydrogens is 385 g/mol. The predicted molar refractivity (Wildman–Crippen MR) is 112 cm³/mol. The number of rotatable bonds is 5. The van der Waals surface area contributed by atoms with E-state index in [9.17, 15) is 18.8 Å². The lowest BCUT2D eigenvalue weighted by Crippen LogP contribution is -2.46. The molecular formula is C23H32FN3O3. The fraction of sp³-hybridized carbons (Fsp3) is 0.609. The molecule has 1 atom stereocenters. The molecule has 0 aliphatic carbocycles. The molecule has 0 saturated carbocycles. The van der Waals surface area contributed by atoms with Crippen LogP contribution in [0.5, 0.6) is 0 Å². The van der Waals surface area contributed by atoms with E-state index in [0.717, 1.165) is 5.56 Å². The zero-order chi connectivity index (χ0) is 21.9. The number of benzene rings is 1.